The smallest absolute Gasteiger partial charge is 0.314 e. The number of anilines is 2. The van der Waals surface area contributed by atoms with Crippen LogP contribution in [0.5, 0.6) is 46.0 Å². The largest absolute Gasteiger partial charge is 0.496 e. The Bertz CT molecular complexity index is 3370. The number of nitrogen functional groups attached to an aromatic ring is 1. The van der Waals surface area contributed by atoms with Crippen LogP contribution in [0.1, 0.15) is 96.9 Å². The molecule has 0 bridgehead atoms. The molecule has 24 heteroatoms. The van der Waals surface area contributed by atoms with Gasteiger partial charge in [-0.05, 0) is 146 Å². The number of halogens is 3. The molecule has 5 heterocycles. The van der Waals surface area contributed by atoms with Gasteiger partial charge in [-0.25, -0.2) is 14.2 Å². The first-order valence-electron chi connectivity index (χ1n) is 27.3. The first kappa shape index (κ1) is 64.2. The van der Waals surface area contributed by atoms with Crippen LogP contribution in [-0.4, -0.2) is 95.5 Å². The number of nitrogens with zero attached hydrogens (tertiary/aromatic N) is 3. The number of hydrogen-bond donors (Lipinski definition) is 3. The molecule has 0 saturated heterocycles. The van der Waals surface area contributed by atoms with Crippen LogP contribution in [0.15, 0.2) is 116 Å². The predicted molar refractivity (Wildman–Crippen MR) is 331 cm³/mol. The summed E-state index contributed by atoms with van der Waals surface area (Å²) in [6, 6.07) is 32.6. The lowest BCUT2D eigenvalue weighted by Gasteiger charge is -2.15. The quantitative estimate of drug-likeness (QED) is 0.0764. The number of nitrogens with one attached hydrogen (secondary N) is 1. The summed E-state index contributed by atoms with van der Waals surface area (Å²) < 4.78 is 51.5. The van der Waals surface area contributed by atoms with E-state index < -0.39 is 31.4 Å². The van der Waals surface area contributed by atoms with Crippen molar-refractivity contribution < 1.29 is 61.6 Å². The van der Waals surface area contributed by atoms with Gasteiger partial charge in [0.15, 0.2) is 44.8 Å². The van der Waals surface area contributed by atoms with Crippen LogP contribution in [0.2, 0.25) is 0 Å². The van der Waals surface area contributed by atoms with Gasteiger partial charge in [-0.15, -0.1) is 22.7 Å². The van der Waals surface area contributed by atoms with E-state index >= 15 is 0 Å². The lowest BCUT2D eigenvalue weighted by Crippen LogP contribution is -2.27. The van der Waals surface area contributed by atoms with Crippen LogP contribution >= 0.6 is 55.6 Å². The number of fused-ring (bicyclic) bond motifs is 3. The minimum Gasteiger partial charge on any atom is -0.496 e. The Morgan fingerprint density at radius 2 is 1.00 bits per heavy atom. The topological polar surface area (TPSA) is 229 Å². The summed E-state index contributed by atoms with van der Waals surface area (Å²) in [5.74, 6) is 5.21. The zero-order valence-corrected chi connectivity index (χ0v) is 52.2. The van der Waals surface area contributed by atoms with Crippen LogP contribution in [0.25, 0.3) is 0 Å². The van der Waals surface area contributed by atoms with Gasteiger partial charge in [0.25, 0.3) is 0 Å². The standard InChI is InChI=1S/C22H20N2O4S.C11H9ClO3.C11H12N2OS.C11H10O4.C6H15N.Cl2OS/c1-26-17-5-3-2-4-14(17)10-16-12-23-21(29-16)24-20(25)22(8-9-22)15-6-7-18-19(11-15)28-13-27-18;12-10(13)11(3-4-11)7-1-2-8-9(5-7)15-6-14-8;1-14-10-5-3-2-4-8(10)6-9-7-13-11(12)15-9;12-10(13)11(3-4-11)7-1-2-8-9(5-7)15-6-14-8;1-4-7(5-2)6-3;1-4(2)3/h2-7,11-12H,8-10,13H2,1H3,(H,23,24,25);1-2,5H,3-4,6H2;2-5,7H,6H2,1H3,(H2,12,13);1-2,5H,3-4,6H2,(H,12,13);4-6H2,1-3H3;. The summed E-state index contributed by atoms with van der Waals surface area (Å²) in [5, 5.41) is 13.1. The molecule has 0 radical (unpaired) electrons. The number of thiazole rings is 2. The lowest BCUT2D eigenvalue weighted by atomic mass is 9.94. The maximum atomic E-state index is 13.0. The van der Waals surface area contributed by atoms with Gasteiger partial charge < -0.3 is 59.0 Å². The molecule has 0 unspecified atom stereocenters. The molecular formula is C61H66Cl3N5O13S3. The summed E-state index contributed by atoms with van der Waals surface area (Å²) in [5.41, 5.74) is 8.92. The number of aromatic nitrogens is 2. The Morgan fingerprint density at radius 1 is 0.612 bits per heavy atom. The average molecular weight is 1280 g/mol. The van der Waals surface area contributed by atoms with Crippen molar-refractivity contribution in [3.05, 3.63) is 153 Å². The van der Waals surface area contributed by atoms with Gasteiger partial charge in [-0.1, -0.05) is 75.4 Å². The monoisotopic (exact) mass is 1280 g/mol. The molecule has 3 aliphatic heterocycles. The zero-order valence-electron chi connectivity index (χ0n) is 47.5. The summed E-state index contributed by atoms with van der Waals surface area (Å²) in [7, 11) is 10.7. The van der Waals surface area contributed by atoms with Gasteiger partial charge in [0.2, 0.25) is 40.8 Å². The number of ether oxygens (including phenoxy) is 8. The Hall–Kier alpha value is -6.85. The van der Waals surface area contributed by atoms with Crippen molar-refractivity contribution >= 4 is 92.2 Å². The third kappa shape index (κ3) is 16.4. The lowest BCUT2D eigenvalue weighted by molar-refractivity contribution is -0.140. The number of carboxylic acids is 1. The van der Waals surface area contributed by atoms with Crippen molar-refractivity contribution in [2.24, 2.45) is 0 Å². The van der Waals surface area contributed by atoms with Crippen molar-refractivity contribution in [1.29, 1.82) is 0 Å². The van der Waals surface area contributed by atoms with Crippen LogP contribution in [0.4, 0.5) is 10.3 Å². The minimum atomic E-state index is -1.67. The molecule has 18 nitrogen and oxygen atoms in total. The predicted octanol–water partition coefficient (Wildman–Crippen LogP) is 12.6. The normalized spacial score (nSPS) is 15.5. The van der Waals surface area contributed by atoms with Gasteiger partial charge >= 0.3 is 5.97 Å². The maximum absolute atomic E-state index is 13.0. The molecule has 0 spiro atoms. The van der Waals surface area contributed by atoms with Gasteiger partial charge in [-0.2, -0.15) is 0 Å². The fourth-order valence-electron chi connectivity index (χ4n) is 9.64. The van der Waals surface area contributed by atoms with Crippen LogP contribution in [-0.2, 0) is 52.7 Å². The zero-order chi connectivity index (χ0) is 60.7. The SMILES string of the molecule is CCN(CC)CC.COc1ccccc1Cc1cnc(N)s1.COc1ccccc1Cc1cnc(NC(=O)C2(c3ccc4c(c3)OCO4)CC2)s1.O=C(Cl)C1(c2ccc3c(c2)OCO3)CC1.O=C(O)C1(c2ccc3c(c2)OCO3)CC1.O=S(Cl)Cl. The molecule has 4 N–H and O–H groups in total. The van der Waals surface area contributed by atoms with E-state index in [1.807, 2.05) is 97.3 Å². The molecule has 13 rings (SSSR count). The Balaban J connectivity index is 0.000000145. The summed E-state index contributed by atoms with van der Waals surface area (Å²) >= 11 is 8.61. The van der Waals surface area contributed by atoms with Crippen LogP contribution < -0.4 is 48.9 Å². The highest BCUT2D eigenvalue weighted by molar-refractivity contribution is 8.26. The molecule has 5 aromatic carbocycles. The number of carbonyl (C=O) groups is 3. The molecule has 6 aliphatic rings. The van der Waals surface area contributed by atoms with Crippen molar-refractivity contribution in [3.8, 4) is 46.0 Å². The highest BCUT2D eigenvalue weighted by atomic mass is 36.0. The number of carboxylic acid groups (broad SMARTS) is 1. The Morgan fingerprint density at radius 3 is 1.36 bits per heavy atom. The number of aliphatic carboxylic acids is 1. The van der Waals surface area contributed by atoms with Crippen molar-refractivity contribution in [1.82, 2.24) is 14.9 Å². The van der Waals surface area contributed by atoms with Gasteiger partial charge in [0.05, 0.1) is 30.5 Å². The summed E-state index contributed by atoms with van der Waals surface area (Å²) in [4.78, 5) is 48.5. The fraction of sp³-hybridized carbons (Fsp3) is 0.361. The molecule has 7 aromatic rings. The van der Waals surface area contributed by atoms with E-state index in [0.29, 0.717) is 52.5 Å². The van der Waals surface area contributed by atoms with Crippen molar-refractivity contribution in [2.75, 3.05) is 65.3 Å². The van der Waals surface area contributed by atoms with E-state index in [-0.39, 0.29) is 31.5 Å². The molecule has 3 aliphatic carbocycles. The number of para-hydroxylation sites is 2. The summed E-state index contributed by atoms with van der Waals surface area (Å²) in [6.45, 7) is 10.8. The van der Waals surface area contributed by atoms with E-state index in [1.165, 1.54) is 42.3 Å². The Labute approximate surface area is 518 Å². The van der Waals surface area contributed by atoms with Crippen molar-refractivity contribution in [3.63, 3.8) is 0 Å². The number of amides is 1. The maximum Gasteiger partial charge on any atom is 0.314 e. The number of hydrogen-bond acceptors (Lipinski definition) is 18. The minimum absolute atomic E-state index is 0.0189. The van der Waals surface area contributed by atoms with Gasteiger partial charge in [0.1, 0.15) is 11.5 Å². The van der Waals surface area contributed by atoms with E-state index in [4.69, 9.17) is 64.5 Å². The van der Waals surface area contributed by atoms with Crippen LogP contribution in [0.3, 0.4) is 0 Å². The first-order valence-corrected chi connectivity index (χ1v) is 32.1. The Kier molecular flexibility index (Phi) is 22.3. The molecule has 2 aromatic heterocycles. The number of methoxy groups -OCH3 is 2. The number of carbonyl (C=O) groups excluding carboxylic acids is 2. The highest BCUT2D eigenvalue weighted by Crippen LogP contribution is 2.53. The average Bonchev–Trinajstić information content (AvgIpc) is 2.29. The number of nitrogens with two attached hydrogens (primary N) is 1. The molecule has 85 heavy (non-hydrogen) atoms. The molecule has 452 valence electrons. The molecule has 0 atom stereocenters. The number of rotatable bonds is 16. The molecule has 3 saturated carbocycles. The second-order valence-electron chi connectivity index (χ2n) is 20.1. The van der Waals surface area contributed by atoms with E-state index in [0.717, 1.165) is 92.7 Å². The fourth-order valence-corrected chi connectivity index (χ4v) is 11.5. The second-order valence-corrected chi connectivity index (χ2v) is 25.2. The van der Waals surface area contributed by atoms with E-state index in [9.17, 15) is 14.4 Å². The van der Waals surface area contributed by atoms with Gasteiger partial charge in [0, 0.05) is 56.4 Å². The second kappa shape index (κ2) is 29.5. The molecule has 3 fully saturated rings. The first-order chi connectivity index (χ1) is 41.0. The van der Waals surface area contributed by atoms with Gasteiger partial charge in [-0.3, -0.25) is 14.4 Å². The third-order valence-electron chi connectivity index (χ3n) is 15.0. The highest BCUT2D eigenvalue weighted by Gasteiger charge is 2.53. The van der Waals surface area contributed by atoms with Crippen LogP contribution in [0, 0.1) is 0 Å². The van der Waals surface area contributed by atoms with E-state index in [1.54, 1.807) is 26.4 Å². The van der Waals surface area contributed by atoms with Crippen molar-refractivity contribution in [2.45, 2.75) is 88.4 Å². The number of benzene rings is 5. The summed E-state index contributed by atoms with van der Waals surface area (Å²) in [6.07, 6.45) is 9.87. The van der Waals surface area contributed by atoms with E-state index in [2.05, 4.69) is 68.4 Å². The molecular weight excluding hydrogens is 1210 g/mol. The third-order valence-corrected chi connectivity index (χ3v) is 17.1. The molecule has 1 amide bonds.